The lowest BCUT2D eigenvalue weighted by molar-refractivity contribution is 0.769. The molecule has 0 bridgehead atoms. The van der Waals surface area contributed by atoms with Crippen LogP contribution in [0.15, 0.2) is 34.9 Å². The van der Waals surface area contributed by atoms with Gasteiger partial charge >= 0.3 is 0 Å². The molecule has 0 aliphatic rings. The number of nitrogens with two attached hydrogens (primary N) is 1. The molecule has 1 heterocycles. The number of nitrogen functional groups attached to an aromatic ring is 1. The first-order valence-electron chi connectivity index (χ1n) is 5.19. The fraction of sp³-hybridized carbons (Fsp3) is 0.250. The van der Waals surface area contributed by atoms with E-state index in [2.05, 4.69) is 34.9 Å². The summed E-state index contributed by atoms with van der Waals surface area (Å²) in [5.41, 5.74) is 8.65. The molecule has 0 saturated heterocycles. The molecular weight excluding hydrogens is 266 g/mol. The Labute approximate surface area is 103 Å². The lowest BCUT2D eigenvalue weighted by atomic mass is 10.1. The molecule has 3 nitrogen and oxygen atoms in total. The Hall–Kier alpha value is -1.29. The van der Waals surface area contributed by atoms with Crippen molar-refractivity contribution in [1.29, 1.82) is 0 Å². The summed E-state index contributed by atoms with van der Waals surface area (Å²) < 4.78 is 2.79. The van der Waals surface area contributed by atoms with Crippen molar-refractivity contribution in [2.24, 2.45) is 0 Å². The van der Waals surface area contributed by atoms with E-state index < -0.39 is 0 Å². The fourth-order valence-corrected chi connectivity index (χ4v) is 1.89. The first kappa shape index (κ1) is 11.2. The summed E-state index contributed by atoms with van der Waals surface area (Å²) in [7, 11) is 0. The second-order valence-electron chi connectivity index (χ2n) is 4.04. The highest BCUT2D eigenvalue weighted by atomic mass is 79.9. The monoisotopic (exact) mass is 279 g/mol. The molecule has 0 radical (unpaired) electrons. The second-order valence-corrected chi connectivity index (χ2v) is 4.96. The van der Waals surface area contributed by atoms with Crippen LogP contribution in [-0.4, -0.2) is 9.78 Å². The molecule has 1 aromatic carbocycles. The van der Waals surface area contributed by atoms with Gasteiger partial charge in [-0.1, -0.05) is 29.8 Å². The standard InChI is InChI=1S/C12H14BrN3/c1-8(2)11-5-6-16(15-11)12-4-3-9(13)7-10(12)14/h3-8H,14H2,1-2H3. The summed E-state index contributed by atoms with van der Waals surface area (Å²) >= 11 is 3.39. The summed E-state index contributed by atoms with van der Waals surface area (Å²) in [6.07, 6.45) is 1.94. The van der Waals surface area contributed by atoms with Crippen molar-refractivity contribution in [2.75, 3.05) is 5.73 Å². The van der Waals surface area contributed by atoms with Gasteiger partial charge in [0, 0.05) is 10.7 Å². The van der Waals surface area contributed by atoms with Gasteiger partial charge in [0.1, 0.15) is 0 Å². The van der Waals surface area contributed by atoms with Gasteiger partial charge in [0.2, 0.25) is 0 Å². The summed E-state index contributed by atoms with van der Waals surface area (Å²) in [6, 6.07) is 7.82. The maximum Gasteiger partial charge on any atom is 0.0875 e. The summed E-state index contributed by atoms with van der Waals surface area (Å²) in [6.45, 7) is 4.25. The van der Waals surface area contributed by atoms with Crippen LogP contribution in [-0.2, 0) is 0 Å². The number of hydrogen-bond donors (Lipinski definition) is 1. The molecule has 16 heavy (non-hydrogen) atoms. The molecule has 4 heteroatoms. The third-order valence-electron chi connectivity index (χ3n) is 2.44. The summed E-state index contributed by atoms with van der Waals surface area (Å²) in [5, 5.41) is 4.49. The highest BCUT2D eigenvalue weighted by Gasteiger charge is 2.07. The van der Waals surface area contributed by atoms with Crippen molar-refractivity contribution in [2.45, 2.75) is 19.8 Å². The van der Waals surface area contributed by atoms with E-state index in [0.29, 0.717) is 11.6 Å². The minimum atomic E-state index is 0.429. The average Bonchev–Trinajstić information content (AvgIpc) is 2.66. The van der Waals surface area contributed by atoms with Crippen LogP contribution in [0.3, 0.4) is 0 Å². The van der Waals surface area contributed by atoms with Crippen LogP contribution < -0.4 is 5.73 Å². The van der Waals surface area contributed by atoms with Crippen LogP contribution in [0.5, 0.6) is 0 Å². The van der Waals surface area contributed by atoms with E-state index in [-0.39, 0.29) is 0 Å². The van der Waals surface area contributed by atoms with Gasteiger partial charge in [-0.25, -0.2) is 4.68 Å². The molecule has 0 atom stereocenters. The zero-order valence-electron chi connectivity index (χ0n) is 9.31. The van der Waals surface area contributed by atoms with Crippen LogP contribution in [0.2, 0.25) is 0 Å². The normalized spacial score (nSPS) is 11.0. The Bertz CT molecular complexity index is 503. The van der Waals surface area contributed by atoms with Crippen molar-refractivity contribution in [3.05, 3.63) is 40.6 Å². The predicted molar refractivity (Wildman–Crippen MR) is 69.8 cm³/mol. The van der Waals surface area contributed by atoms with Gasteiger partial charge in [-0.15, -0.1) is 0 Å². The first-order valence-corrected chi connectivity index (χ1v) is 5.98. The van der Waals surface area contributed by atoms with Crippen LogP contribution >= 0.6 is 15.9 Å². The van der Waals surface area contributed by atoms with Gasteiger partial charge < -0.3 is 5.73 Å². The lowest BCUT2D eigenvalue weighted by Gasteiger charge is -2.06. The van der Waals surface area contributed by atoms with Crippen molar-refractivity contribution >= 4 is 21.6 Å². The summed E-state index contributed by atoms with van der Waals surface area (Å²) in [5.74, 6) is 0.429. The van der Waals surface area contributed by atoms with Crippen LogP contribution in [0.4, 0.5) is 5.69 Å². The Morgan fingerprint density at radius 1 is 1.31 bits per heavy atom. The first-order chi connectivity index (χ1) is 7.58. The Morgan fingerprint density at radius 2 is 2.06 bits per heavy atom. The molecule has 0 spiro atoms. The number of aromatic nitrogens is 2. The van der Waals surface area contributed by atoms with Gasteiger partial charge in [-0.2, -0.15) is 5.10 Å². The summed E-state index contributed by atoms with van der Waals surface area (Å²) in [4.78, 5) is 0. The predicted octanol–water partition coefficient (Wildman–Crippen LogP) is 3.34. The zero-order chi connectivity index (χ0) is 11.7. The molecule has 0 unspecified atom stereocenters. The lowest BCUT2D eigenvalue weighted by Crippen LogP contribution is -2.01. The average molecular weight is 280 g/mol. The smallest absolute Gasteiger partial charge is 0.0875 e. The number of halogens is 1. The Balaban J connectivity index is 2.42. The van der Waals surface area contributed by atoms with Crippen LogP contribution in [0, 0.1) is 0 Å². The zero-order valence-corrected chi connectivity index (χ0v) is 10.9. The van der Waals surface area contributed by atoms with Gasteiger partial charge in [0.25, 0.3) is 0 Å². The number of benzene rings is 1. The number of nitrogens with zero attached hydrogens (tertiary/aromatic N) is 2. The molecule has 0 aliphatic heterocycles. The largest absolute Gasteiger partial charge is 0.397 e. The molecule has 2 aromatic rings. The highest BCUT2D eigenvalue weighted by molar-refractivity contribution is 9.10. The van der Waals surface area contributed by atoms with E-state index in [1.807, 2.05) is 35.1 Å². The number of hydrogen-bond acceptors (Lipinski definition) is 2. The molecule has 0 saturated carbocycles. The van der Waals surface area contributed by atoms with E-state index in [0.717, 1.165) is 15.9 Å². The maximum absolute atomic E-state index is 5.95. The maximum atomic E-state index is 5.95. The molecule has 1 aromatic heterocycles. The number of anilines is 1. The molecule has 0 amide bonds. The van der Waals surface area contributed by atoms with E-state index >= 15 is 0 Å². The molecule has 2 N–H and O–H groups in total. The highest BCUT2D eigenvalue weighted by Crippen LogP contribution is 2.22. The van der Waals surface area contributed by atoms with E-state index in [1.165, 1.54) is 0 Å². The second kappa shape index (κ2) is 4.29. The van der Waals surface area contributed by atoms with E-state index in [1.54, 1.807) is 0 Å². The molecule has 84 valence electrons. The van der Waals surface area contributed by atoms with Gasteiger partial charge in [-0.3, -0.25) is 0 Å². The minimum Gasteiger partial charge on any atom is -0.397 e. The van der Waals surface area contributed by atoms with Crippen molar-refractivity contribution in [3.8, 4) is 5.69 Å². The van der Waals surface area contributed by atoms with Crippen molar-refractivity contribution in [1.82, 2.24) is 9.78 Å². The molecule has 2 rings (SSSR count). The third kappa shape index (κ3) is 2.11. The third-order valence-corrected chi connectivity index (χ3v) is 2.93. The Kier molecular flexibility index (Phi) is 3.01. The molecule has 0 fully saturated rings. The fourth-order valence-electron chi connectivity index (χ4n) is 1.51. The Morgan fingerprint density at radius 3 is 2.62 bits per heavy atom. The van der Waals surface area contributed by atoms with Gasteiger partial charge in [0.05, 0.1) is 17.1 Å². The van der Waals surface area contributed by atoms with Crippen LogP contribution in [0.25, 0.3) is 5.69 Å². The topological polar surface area (TPSA) is 43.8 Å². The quantitative estimate of drug-likeness (QED) is 0.857. The van der Waals surface area contributed by atoms with Crippen molar-refractivity contribution in [3.63, 3.8) is 0 Å². The minimum absolute atomic E-state index is 0.429. The number of rotatable bonds is 2. The molecular formula is C12H14BrN3. The van der Waals surface area contributed by atoms with Gasteiger partial charge in [0.15, 0.2) is 0 Å². The van der Waals surface area contributed by atoms with Gasteiger partial charge in [-0.05, 0) is 30.2 Å². The SMILES string of the molecule is CC(C)c1ccn(-c2ccc(Br)cc2N)n1. The van der Waals surface area contributed by atoms with Crippen molar-refractivity contribution < 1.29 is 0 Å². The van der Waals surface area contributed by atoms with Crippen LogP contribution in [0.1, 0.15) is 25.5 Å². The molecule has 0 aliphatic carbocycles. The van der Waals surface area contributed by atoms with E-state index in [9.17, 15) is 0 Å². The van der Waals surface area contributed by atoms with E-state index in [4.69, 9.17) is 5.73 Å².